The van der Waals surface area contributed by atoms with Crippen LogP contribution in [0.15, 0.2) is 66.0 Å². The first kappa shape index (κ1) is 34.0. The minimum atomic E-state index is -0.784. The number of nitrogens with zero attached hydrogens (tertiary/aromatic N) is 8. The number of aromatic nitrogens is 3. The Morgan fingerprint density at radius 1 is 0.875 bits per heavy atom. The van der Waals surface area contributed by atoms with Crippen molar-refractivity contribution in [3.63, 3.8) is 0 Å². The number of piperazine rings is 1. The van der Waals surface area contributed by atoms with Crippen LogP contribution in [-0.2, 0) is 11.3 Å². The molecule has 0 amide bonds. The van der Waals surface area contributed by atoms with Gasteiger partial charge in [0.15, 0.2) is 0 Å². The van der Waals surface area contributed by atoms with Crippen molar-refractivity contribution in [3.05, 3.63) is 60.9 Å². The fraction of sp³-hybridized carbons (Fsp3) is 0.583. The maximum atomic E-state index is 10.7. The lowest BCUT2D eigenvalue weighted by Gasteiger charge is -2.41. The molecule has 260 valence electrons. The summed E-state index contributed by atoms with van der Waals surface area (Å²) in [4.78, 5) is 8.29. The van der Waals surface area contributed by atoms with E-state index in [1.807, 2.05) is 12.1 Å². The molecule has 0 radical (unpaired) electrons. The number of aliphatic hydroxyl groups is 2. The molecule has 4 atom stereocenters. The van der Waals surface area contributed by atoms with Crippen molar-refractivity contribution in [3.8, 4) is 5.75 Å². The fourth-order valence-electron chi connectivity index (χ4n) is 7.18. The molecule has 3 aliphatic rings. The Morgan fingerprint density at radius 3 is 2.04 bits per heavy atom. The van der Waals surface area contributed by atoms with Gasteiger partial charge in [0, 0.05) is 49.3 Å². The summed E-state index contributed by atoms with van der Waals surface area (Å²) < 4.78 is 12.8. The smallest absolute Gasteiger partial charge is 0.228 e. The second-order valence-electron chi connectivity index (χ2n) is 13.5. The molecule has 1 saturated heterocycles. The number of anilines is 3. The highest BCUT2D eigenvalue weighted by molar-refractivity contribution is 5.81. The Balaban J connectivity index is 0.987. The summed E-state index contributed by atoms with van der Waals surface area (Å²) in [6.07, 6.45) is 10.6. The normalized spacial score (nSPS) is 21.4. The molecule has 2 aliphatic heterocycles. The summed E-state index contributed by atoms with van der Waals surface area (Å²) in [5.74, 6) is 1.14. The van der Waals surface area contributed by atoms with Gasteiger partial charge in [0.1, 0.15) is 24.8 Å². The van der Waals surface area contributed by atoms with Gasteiger partial charge in [-0.05, 0) is 87.6 Å². The monoisotopic (exact) mass is 660 g/mol. The van der Waals surface area contributed by atoms with Gasteiger partial charge in [-0.2, -0.15) is 20.1 Å². The molecular weight excluding hydrogens is 608 g/mol. The summed E-state index contributed by atoms with van der Waals surface area (Å²) in [7, 11) is 0. The molecule has 12 nitrogen and oxygen atoms in total. The predicted molar refractivity (Wildman–Crippen MR) is 188 cm³/mol. The van der Waals surface area contributed by atoms with Gasteiger partial charge in [-0.3, -0.25) is 4.90 Å². The molecule has 2 N–H and O–H groups in total. The highest BCUT2D eigenvalue weighted by Gasteiger charge is 2.39. The van der Waals surface area contributed by atoms with Gasteiger partial charge < -0.3 is 29.5 Å². The van der Waals surface area contributed by atoms with Gasteiger partial charge in [-0.25, -0.2) is 5.01 Å². The van der Waals surface area contributed by atoms with Crippen molar-refractivity contribution >= 4 is 23.4 Å². The van der Waals surface area contributed by atoms with Gasteiger partial charge in [0.25, 0.3) is 0 Å². The lowest BCUT2D eigenvalue weighted by atomic mass is 9.77. The van der Waals surface area contributed by atoms with Crippen LogP contribution in [0.2, 0.25) is 0 Å². The maximum Gasteiger partial charge on any atom is 0.228 e. The molecule has 2 aromatic carbocycles. The maximum absolute atomic E-state index is 10.7. The minimum Gasteiger partial charge on any atom is -0.491 e. The summed E-state index contributed by atoms with van der Waals surface area (Å²) in [6.45, 7) is 10.6. The molecule has 6 rings (SSSR count). The molecule has 0 spiro atoms. The Kier molecular flexibility index (Phi) is 11.0. The molecule has 3 aromatic rings. The molecule has 0 bridgehead atoms. The van der Waals surface area contributed by atoms with Crippen molar-refractivity contribution in [2.45, 2.75) is 89.9 Å². The molecule has 1 aliphatic carbocycles. The topological polar surface area (TPSA) is 115 Å². The Morgan fingerprint density at radius 2 is 1.46 bits per heavy atom. The van der Waals surface area contributed by atoms with Crippen LogP contribution in [0.3, 0.4) is 0 Å². The first-order chi connectivity index (χ1) is 23.4. The number of ether oxygens (including phenoxy) is 2. The zero-order valence-electron chi connectivity index (χ0n) is 28.6. The number of benzene rings is 2. The summed E-state index contributed by atoms with van der Waals surface area (Å²) in [6, 6.07) is 16.7. The number of hydrazone groups is 1. The average molecular weight is 661 g/mol. The zero-order valence-corrected chi connectivity index (χ0v) is 28.6. The van der Waals surface area contributed by atoms with Crippen LogP contribution in [0.4, 0.5) is 17.1 Å². The highest BCUT2D eigenvalue weighted by Crippen LogP contribution is 2.37. The van der Waals surface area contributed by atoms with E-state index < -0.39 is 18.1 Å². The van der Waals surface area contributed by atoms with Crippen molar-refractivity contribution in [2.24, 2.45) is 11.0 Å². The third kappa shape index (κ3) is 7.88. The largest absolute Gasteiger partial charge is 0.491 e. The van der Waals surface area contributed by atoms with E-state index in [2.05, 4.69) is 82.3 Å². The quantitative estimate of drug-likeness (QED) is 0.256. The zero-order chi connectivity index (χ0) is 33.5. The molecule has 2 fully saturated rings. The van der Waals surface area contributed by atoms with E-state index in [9.17, 15) is 10.2 Å². The summed E-state index contributed by atoms with van der Waals surface area (Å²) >= 11 is 0. The van der Waals surface area contributed by atoms with E-state index in [4.69, 9.17) is 9.47 Å². The van der Waals surface area contributed by atoms with Crippen LogP contribution in [0.5, 0.6) is 5.75 Å². The van der Waals surface area contributed by atoms with Crippen molar-refractivity contribution in [2.75, 3.05) is 54.1 Å². The van der Waals surface area contributed by atoms with Crippen LogP contribution in [-0.4, -0.2) is 100 Å². The molecule has 1 saturated carbocycles. The number of aliphatic hydroxyl groups excluding tert-OH is 2. The third-order valence-electron chi connectivity index (χ3n) is 10.3. The first-order valence-electron chi connectivity index (χ1n) is 17.6. The van der Waals surface area contributed by atoms with Crippen molar-refractivity contribution in [1.29, 1.82) is 0 Å². The van der Waals surface area contributed by atoms with Crippen LogP contribution < -0.4 is 19.4 Å². The van der Waals surface area contributed by atoms with Crippen LogP contribution in [0, 0.1) is 5.92 Å². The van der Waals surface area contributed by atoms with Crippen molar-refractivity contribution in [1.82, 2.24) is 20.0 Å². The molecule has 4 unspecified atom stereocenters. The molecule has 12 heteroatoms. The van der Waals surface area contributed by atoms with E-state index in [1.54, 1.807) is 33.4 Å². The highest BCUT2D eigenvalue weighted by atomic mass is 16.6. The van der Waals surface area contributed by atoms with Crippen LogP contribution in [0.1, 0.15) is 59.3 Å². The molecule has 48 heavy (non-hydrogen) atoms. The van der Waals surface area contributed by atoms with Gasteiger partial charge >= 0.3 is 0 Å². The fourth-order valence-corrected chi connectivity index (χ4v) is 7.18. The molecule has 3 heterocycles. The summed E-state index contributed by atoms with van der Waals surface area (Å²) in [5, 5.41) is 35.8. The molecule has 1 aromatic heterocycles. The second-order valence-corrected chi connectivity index (χ2v) is 13.5. The van der Waals surface area contributed by atoms with Crippen LogP contribution in [0.25, 0.3) is 0 Å². The van der Waals surface area contributed by atoms with E-state index >= 15 is 0 Å². The standard InChI is InChI=1S/C36H52N8O4/c1-4-28(2)44-35(46)42(27-39-44)32-12-10-30(11-13-32)40-20-22-41(23-21-40)31-14-16-33(17-15-31)47-25-34(24-45)48-36(3,26-43-37-18-19-38-43)29-8-6-5-7-9-29/h10-19,27-29,34-35,45-46H,4-9,20-26H2,1-3H3. The van der Waals surface area contributed by atoms with Gasteiger partial charge in [0.2, 0.25) is 6.35 Å². The molecular formula is C36H52N8O4. The average Bonchev–Trinajstić information content (AvgIpc) is 3.79. The first-order valence-corrected chi connectivity index (χ1v) is 17.6. The SMILES string of the molecule is CCC(C)N1N=CN(c2ccc(N3CCN(c4ccc(OCC(CO)OC(C)(Cn5nccn5)C5CCCCC5)cc4)CC3)cc2)C1O. The number of hydrogen-bond acceptors (Lipinski definition) is 11. The van der Waals surface area contributed by atoms with E-state index in [1.165, 1.54) is 24.9 Å². The number of rotatable bonds is 14. The predicted octanol–water partition coefficient (Wildman–Crippen LogP) is 4.54. The van der Waals surface area contributed by atoms with Gasteiger partial charge in [0.05, 0.1) is 31.1 Å². The van der Waals surface area contributed by atoms with Gasteiger partial charge in [-0.1, -0.05) is 26.2 Å². The van der Waals surface area contributed by atoms with Crippen molar-refractivity contribution < 1.29 is 19.7 Å². The lowest BCUT2D eigenvalue weighted by molar-refractivity contribution is -0.156. The Hall–Kier alpha value is -3.87. The second kappa shape index (κ2) is 15.6. The third-order valence-corrected chi connectivity index (χ3v) is 10.3. The van der Waals surface area contributed by atoms with E-state index in [0.29, 0.717) is 12.5 Å². The van der Waals surface area contributed by atoms with Gasteiger partial charge in [-0.15, -0.1) is 0 Å². The summed E-state index contributed by atoms with van der Waals surface area (Å²) in [5.41, 5.74) is 2.76. The van der Waals surface area contributed by atoms with E-state index in [-0.39, 0.29) is 19.3 Å². The van der Waals surface area contributed by atoms with E-state index in [0.717, 1.165) is 62.6 Å². The van der Waals surface area contributed by atoms with Crippen LogP contribution >= 0.6 is 0 Å². The lowest BCUT2D eigenvalue weighted by Crippen LogP contribution is -2.48. The minimum absolute atomic E-state index is 0.120. The Labute approximate surface area is 284 Å². The Bertz CT molecular complexity index is 1430. The number of hydrogen-bond donors (Lipinski definition) is 2.